The molecule has 0 spiro atoms. The lowest BCUT2D eigenvalue weighted by Crippen LogP contribution is -2.09. The molecule has 0 fully saturated rings. The zero-order valence-corrected chi connectivity index (χ0v) is 10.7. The minimum atomic E-state index is -4.47. The summed E-state index contributed by atoms with van der Waals surface area (Å²) in [5.41, 5.74) is 5.16. The van der Waals surface area contributed by atoms with Crippen LogP contribution >= 0.6 is 0 Å². The molecule has 0 saturated carbocycles. The second-order valence-electron chi connectivity index (χ2n) is 4.16. The van der Waals surface area contributed by atoms with Crippen molar-refractivity contribution in [2.45, 2.75) is 6.18 Å². The summed E-state index contributed by atoms with van der Waals surface area (Å²) >= 11 is 0. The Morgan fingerprint density at radius 1 is 1.05 bits per heavy atom. The molecule has 3 N–H and O–H groups in total. The molecule has 3 nitrogen and oxygen atoms in total. The maximum atomic E-state index is 12.9. The van der Waals surface area contributed by atoms with Crippen LogP contribution in [0.4, 0.5) is 30.2 Å². The summed E-state index contributed by atoms with van der Waals surface area (Å²) in [7, 11) is 1.52. The number of nitrogen functional groups attached to an aromatic ring is 1. The number of benzene rings is 2. The summed E-state index contributed by atoms with van der Waals surface area (Å²) in [4.78, 5) is 0. The van der Waals surface area contributed by atoms with Gasteiger partial charge in [-0.05, 0) is 42.5 Å². The van der Waals surface area contributed by atoms with Crippen LogP contribution in [0.3, 0.4) is 0 Å². The predicted octanol–water partition coefficient (Wildman–Crippen LogP) is 4.04. The van der Waals surface area contributed by atoms with Gasteiger partial charge in [-0.25, -0.2) is 0 Å². The summed E-state index contributed by atoms with van der Waals surface area (Å²) in [5.74, 6) is 0.629. The average molecular weight is 282 g/mol. The number of halogens is 3. The highest BCUT2D eigenvalue weighted by atomic mass is 19.4. The Morgan fingerprint density at radius 2 is 1.70 bits per heavy atom. The molecule has 0 bridgehead atoms. The fourth-order valence-corrected chi connectivity index (χ4v) is 1.74. The molecule has 0 aliphatic rings. The molecular weight excluding hydrogens is 269 g/mol. The molecule has 2 rings (SSSR count). The van der Waals surface area contributed by atoms with E-state index in [1.54, 1.807) is 24.3 Å². The van der Waals surface area contributed by atoms with Gasteiger partial charge in [0.2, 0.25) is 0 Å². The summed E-state index contributed by atoms with van der Waals surface area (Å²) in [6.07, 6.45) is -4.47. The van der Waals surface area contributed by atoms with Crippen molar-refractivity contribution >= 4 is 17.1 Å². The van der Waals surface area contributed by atoms with Gasteiger partial charge in [0.05, 0.1) is 18.4 Å². The maximum absolute atomic E-state index is 12.9. The Labute approximate surface area is 114 Å². The lowest BCUT2D eigenvalue weighted by molar-refractivity contribution is -0.136. The molecule has 0 aliphatic heterocycles. The number of hydrogen-bond acceptors (Lipinski definition) is 3. The van der Waals surface area contributed by atoms with E-state index < -0.39 is 11.7 Å². The molecule has 0 saturated heterocycles. The zero-order chi connectivity index (χ0) is 14.8. The largest absolute Gasteiger partial charge is 0.497 e. The molecule has 0 amide bonds. The van der Waals surface area contributed by atoms with Crippen LogP contribution in [0, 0.1) is 0 Å². The molecule has 2 aromatic carbocycles. The molecule has 0 aliphatic carbocycles. The van der Waals surface area contributed by atoms with Crippen molar-refractivity contribution < 1.29 is 17.9 Å². The third kappa shape index (κ3) is 3.14. The van der Waals surface area contributed by atoms with Crippen LogP contribution in [-0.4, -0.2) is 7.11 Å². The summed E-state index contributed by atoms with van der Waals surface area (Å²) in [6.45, 7) is 0. The van der Waals surface area contributed by atoms with Crippen LogP contribution in [-0.2, 0) is 6.18 Å². The van der Waals surface area contributed by atoms with Gasteiger partial charge < -0.3 is 15.8 Å². The van der Waals surface area contributed by atoms with E-state index in [1.165, 1.54) is 19.2 Å². The van der Waals surface area contributed by atoms with Gasteiger partial charge in [-0.15, -0.1) is 0 Å². The molecule has 0 heterocycles. The van der Waals surface area contributed by atoms with Crippen molar-refractivity contribution in [1.29, 1.82) is 0 Å². The van der Waals surface area contributed by atoms with Crippen molar-refractivity contribution in [3.05, 3.63) is 48.0 Å². The Hall–Kier alpha value is -2.37. The van der Waals surface area contributed by atoms with Gasteiger partial charge >= 0.3 is 6.18 Å². The maximum Gasteiger partial charge on any atom is 0.418 e. The highest BCUT2D eigenvalue weighted by molar-refractivity contribution is 5.67. The van der Waals surface area contributed by atoms with E-state index in [4.69, 9.17) is 10.5 Å². The van der Waals surface area contributed by atoms with E-state index in [1.807, 2.05) is 0 Å². The molecule has 0 radical (unpaired) electrons. The molecule has 2 aromatic rings. The SMILES string of the molecule is COc1ccc(Nc2ccc(N)cc2C(F)(F)F)cc1. The lowest BCUT2D eigenvalue weighted by atomic mass is 10.1. The fourth-order valence-electron chi connectivity index (χ4n) is 1.74. The van der Waals surface area contributed by atoms with Crippen LogP contribution in [0.5, 0.6) is 5.75 Å². The average Bonchev–Trinajstić information content (AvgIpc) is 2.40. The Kier molecular flexibility index (Phi) is 3.74. The third-order valence-electron chi connectivity index (χ3n) is 2.72. The number of alkyl halides is 3. The molecule has 20 heavy (non-hydrogen) atoms. The number of ether oxygens (including phenoxy) is 1. The quantitative estimate of drug-likeness (QED) is 0.835. The Bertz CT molecular complexity index is 594. The van der Waals surface area contributed by atoms with Crippen LogP contribution < -0.4 is 15.8 Å². The summed E-state index contributed by atoms with van der Waals surface area (Å²) in [5, 5.41) is 2.73. The van der Waals surface area contributed by atoms with Crippen LogP contribution in [0.1, 0.15) is 5.56 Å². The number of hydrogen-bond donors (Lipinski definition) is 2. The van der Waals surface area contributed by atoms with E-state index in [0.29, 0.717) is 11.4 Å². The first kappa shape index (κ1) is 14.0. The van der Waals surface area contributed by atoms with Crippen LogP contribution in [0.15, 0.2) is 42.5 Å². The number of rotatable bonds is 3. The topological polar surface area (TPSA) is 47.3 Å². The van der Waals surface area contributed by atoms with Gasteiger partial charge in [0, 0.05) is 11.4 Å². The first-order valence-electron chi connectivity index (χ1n) is 5.78. The lowest BCUT2D eigenvalue weighted by Gasteiger charge is -2.15. The predicted molar refractivity (Wildman–Crippen MR) is 72.1 cm³/mol. The normalized spacial score (nSPS) is 11.2. The Balaban J connectivity index is 2.32. The minimum absolute atomic E-state index is 0.0446. The number of nitrogens with two attached hydrogens (primary N) is 1. The minimum Gasteiger partial charge on any atom is -0.497 e. The van der Waals surface area contributed by atoms with E-state index in [2.05, 4.69) is 5.32 Å². The first-order valence-corrected chi connectivity index (χ1v) is 5.78. The smallest absolute Gasteiger partial charge is 0.418 e. The van der Waals surface area contributed by atoms with E-state index in [-0.39, 0.29) is 11.4 Å². The van der Waals surface area contributed by atoms with Gasteiger partial charge in [0.25, 0.3) is 0 Å². The van der Waals surface area contributed by atoms with Gasteiger partial charge in [0.15, 0.2) is 0 Å². The zero-order valence-electron chi connectivity index (χ0n) is 10.7. The van der Waals surface area contributed by atoms with Gasteiger partial charge in [-0.1, -0.05) is 0 Å². The molecular formula is C14H13F3N2O. The second-order valence-corrected chi connectivity index (χ2v) is 4.16. The highest BCUT2D eigenvalue weighted by Crippen LogP contribution is 2.37. The highest BCUT2D eigenvalue weighted by Gasteiger charge is 2.33. The Morgan fingerprint density at radius 3 is 2.25 bits per heavy atom. The molecule has 0 aromatic heterocycles. The van der Waals surface area contributed by atoms with Crippen LogP contribution in [0.2, 0.25) is 0 Å². The van der Waals surface area contributed by atoms with Crippen molar-refractivity contribution in [1.82, 2.24) is 0 Å². The van der Waals surface area contributed by atoms with E-state index in [9.17, 15) is 13.2 Å². The van der Waals surface area contributed by atoms with Gasteiger partial charge in [-0.2, -0.15) is 13.2 Å². The first-order chi connectivity index (χ1) is 9.40. The van der Waals surface area contributed by atoms with E-state index >= 15 is 0 Å². The van der Waals surface area contributed by atoms with Crippen molar-refractivity contribution in [2.24, 2.45) is 0 Å². The molecule has 106 valence electrons. The number of nitrogens with one attached hydrogen (secondary N) is 1. The monoisotopic (exact) mass is 282 g/mol. The summed E-state index contributed by atoms with van der Waals surface area (Å²) < 4.78 is 43.8. The van der Waals surface area contributed by atoms with Gasteiger partial charge in [-0.3, -0.25) is 0 Å². The number of methoxy groups -OCH3 is 1. The second kappa shape index (κ2) is 5.32. The van der Waals surface area contributed by atoms with Crippen molar-refractivity contribution in [3.63, 3.8) is 0 Å². The molecule has 0 unspecified atom stereocenters. The third-order valence-corrected chi connectivity index (χ3v) is 2.72. The molecule has 0 atom stereocenters. The standard InChI is InChI=1S/C14H13F3N2O/c1-20-11-5-3-10(4-6-11)19-13-7-2-9(18)8-12(13)14(15,16)17/h2-8,19H,18H2,1H3. The fraction of sp³-hybridized carbons (Fsp3) is 0.143. The van der Waals surface area contributed by atoms with E-state index in [0.717, 1.165) is 6.07 Å². The van der Waals surface area contributed by atoms with Crippen LogP contribution in [0.25, 0.3) is 0 Å². The van der Waals surface area contributed by atoms with Gasteiger partial charge in [0.1, 0.15) is 5.75 Å². The van der Waals surface area contributed by atoms with Crippen molar-refractivity contribution in [2.75, 3.05) is 18.2 Å². The number of anilines is 3. The molecule has 6 heteroatoms. The van der Waals surface area contributed by atoms with Crippen molar-refractivity contribution in [3.8, 4) is 5.75 Å². The summed E-state index contributed by atoms with van der Waals surface area (Å²) in [6, 6.07) is 10.2.